The van der Waals surface area contributed by atoms with Gasteiger partial charge in [0.15, 0.2) is 5.78 Å². The van der Waals surface area contributed by atoms with E-state index in [1.165, 1.54) is 0 Å². The Morgan fingerprint density at radius 2 is 2.20 bits per heavy atom. The fourth-order valence-corrected chi connectivity index (χ4v) is 1.18. The monoisotopic (exact) mass is 232 g/mol. The van der Waals surface area contributed by atoms with Gasteiger partial charge in [-0.2, -0.15) is 4.39 Å². The second kappa shape index (κ2) is 4.22. The average molecular weight is 233 g/mol. The summed E-state index contributed by atoms with van der Waals surface area (Å²) in [6, 6.07) is 1.52. The van der Waals surface area contributed by atoms with E-state index in [4.69, 9.17) is 17.3 Å². The zero-order valence-electron chi connectivity index (χ0n) is 7.37. The molecule has 0 saturated carbocycles. The minimum Gasteiger partial charge on any atom is -0.398 e. The van der Waals surface area contributed by atoms with Crippen LogP contribution in [0.25, 0.3) is 0 Å². The van der Waals surface area contributed by atoms with Crippen molar-refractivity contribution in [3.05, 3.63) is 33.6 Å². The van der Waals surface area contributed by atoms with Crippen LogP contribution in [0.1, 0.15) is 10.4 Å². The number of nitro benzene ring substituents is 1. The molecular formula is C8H6ClFN2O3. The number of hydrogen-bond donors (Lipinski definition) is 1. The molecule has 0 amide bonds. The molecule has 0 aromatic heterocycles. The highest BCUT2D eigenvalue weighted by Crippen LogP contribution is 2.24. The third-order valence-electron chi connectivity index (χ3n) is 1.74. The van der Waals surface area contributed by atoms with Crippen LogP contribution in [0.4, 0.5) is 15.8 Å². The molecule has 2 N–H and O–H groups in total. The molecule has 0 radical (unpaired) electrons. The maximum atomic E-state index is 13.1. The van der Waals surface area contributed by atoms with Crippen LogP contribution in [-0.2, 0) is 0 Å². The molecule has 0 atom stereocenters. The molecule has 0 saturated heterocycles. The van der Waals surface area contributed by atoms with Crippen molar-refractivity contribution in [3.63, 3.8) is 0 Å². The predicted octanol–water partition coefficient (Wildman–Crippen LogP) is 1.74. The molecule has 1 rings (SSSR count). The molecule has 0 fully saturated rings. The minimum atomic E-state index is -1.11. The van der Waals surface area contributed by atoms with Crippen LogP contribution in [0.15, 0.2) is 12.1 Å². The molecule has 0 bridgehead atoms. The molecule has 0 aliphatic rings. The highest BCUT2D eigenvalue weighted by atomic mass is 35.5. The van der Waals surface area contributed by atoms with Gasteiger partial charge in [0.05, 0.1) is 10.8 Å². The second-order valence-electron chi connectivity index (χ2n) is 2.70. The molecular weight excluding hydrogens is 227 g/mol. The van der Waals surface area contributed by atoms with Crippen LogP contribution in [0.2, 0.25) is 0 Å². The summed E-state index contributed by atoms with van der Waals surface area (Å²) in [5.41, 5.74) is 4.28. The number of nitrogen functional groups attached to an aromatic ring is 1. The molecule has 0 aliphatic carbocycles. The maximum Gasteiger partial charge on any atom is 0.306 e. The van der Waals surface area contributed by atoms with Crippen LogP contribution in [0.5, 0.6) is 0 Å². The number of Topliss-reactive ketones (excluding diaryl/α,β-unsaturated/α-hetero) is 1. The summed E-state index contributed by atoms with van der Waals surface area (Å²) in [6.07, 6.45) is 0. The minimum absolute atomic E-state index is 0.145. The number of benzene rings is 1. The summed E-state index contributed by atoms with van der Waals surface area (Å²) in [6.45, 7) is 0. The first-order valence-electron chi connectivity index (χ1n) is 3.80. The fraction of sp³-hybridized carbons (Fsp3) is 0.125. The summed E-state index contributed by atoms with van der Waals surface area (Å²) in [5.74, 6) is -2.05. The normalized spacial score (nSPS) is 10.0. The molecule has 0 heterocycles. The smallest absolute Gasteiger partial charge is 0.306 e. The Balaban J connectivity index is 3.31. The molecule has 15 heavy (non-hydrogen) atoms. The zero-order chi connectivity index (χ0) is 11.6. The number of anilines is 1. The van der Waals surface area contributed by atoms with E-state index in [0.717, 1.165) is 12.1 Å². The number of ketones is 1. The number of hydrogen-bond acceptors (Lipinski definition) is 4. The van der Waals surface area contributed by atoms with Gasteiger partial charge in [0, 0.05) is 17.3 Å². The van der Waals surface area contributed by atoms with E-state index in [0.29, 0.717) is 0 Å². The van der Waals surface area contributed by atoms with Crippen molar-refractivity contribution < 1.29 is 14.1 Å². The number of nitrogens with zero attached hydrogens (tertiary/aromatic N) is 1. The summed E-state index contributed by atoms with van der Waals surface area (Å²) in [5, 5.41) is 10.3. The lowest BCUT2D eigenvalue weighted by atomic mass is 10.1. The number of nitro groups is 1. The van der Waals surface area contributed by atoms with E-state index in [1.807, 2.05) is 0 Å². The predicted molar refractivity (Wildman–Crippen MR) is 52.5 cm³/mol. The topological polar surface area (TPSA) is 86.2 Å². The van der Waals surface area contributed by atoms with E-state index >= 15 is 0 Å². The number of carbonyl (C=O) groups excluding carboxylic acids is 1. The van der Waals surface area contributed by atoms with Gasteiger partial charge in [0.25, 0.3) is 0 Å². The van der Waals surface area contributed by atoms with Crippen LogP contribution in [0, 0.1) is 15.9 Å². The van der Waals surface area contributed by atoms with Crippen molar-refractivity contribution in [1.29, 1.82) is 0 Å². The third kappa shape index (κ3) is 2.21. The van der Waals surface area contributed by atoms with Gasteiger partial charge < -0.3 is 5.73 Å². The molecule has 0 aliphatic heterocycles. The molecule has 5 nitrogen and oxygen atoms in total. The Morgan fingerprint density at radius 3 is 2.67 bits per heavy atom. The van der Waals surface area contributed by atoms with E-state index in [9.17, 15) is 19.3 Å². The zero-order valence-corrected chi connectivity index (χ0v) is 8.12. The quantitative estimate of drug-likeness (QED) is 0.283. The Labute approximate surface area is 88.8 Å². The number of carbonyl (C=O) groups is 1. The summed E-state index contributed by atoms with van der Waals surface area (Å²) >= 11 is 5.25. The van der Waals surface area contributed by atoms with Crippen molar-refractivity contribution in [3.8, 4) is 0 Å². The first kappa shape index (κ1) is 11.4. The van der Waals surface area contributed by atoms with Gasteiger partial charge in [-0.1, -0.05) is 0 Å². The van der Waals surface area contributed by atoms with Gasteiger partial charge in [-0.15, -0.1) is 11.6 Å². The van der Waals surface area contributed by atoms with Crippen LogP contribution >= 0.6 is 11.6 Å². The van der Waals surface area contributed by atoms with Gasteiger partial charge in [0.2, 0.25) is 5.82 Å². The second-order valence-corrected chi connectivity index (χ2v) is 2.97. The number of halogens is 2. The van der Waals surface area contributed by atoms with Crippen LogP contribution < -0.4 is 5.73 Å². The Bertz CT molecular complexity index is 436. The molecule has 0 spiro atoms. The Hall–Kier alpha value is -1.69. The summed E-state index contributed by atoms with van der Waals surface area (Å²) < 4.78 is 13.1. The van der Waals surface area contributed by atoms with Crippen molar-refractivity contribution >= 4 is 28.8 Å². The van der Waals surface area contributed by atoms with Gasteiger partial charge in [0.1, 0.15) is 0 Å². The number of rotatable bonds is 3. The first-order chi connectivity index (χ1) is 6.97. The van der Waals surface area contributed by atoms with Crippen molar-refractivity contribution in [2.24, 2.45) is 0 Å². The molecule has 7 heteroatoms. The standard InChI is InChI=1S/C8H6ClFN2O3/c9-3-8(13)4-1-5(10)7(12(14)15)2-6(4)11/h1-2H,3,11H2. The van der Waals surface area contributed by atoms with E-state index in [-0.39, 0.29) is 17.1 Å². The van der Waals surface area contributed by atoms with Gasteiger partial charge >= 0.3 is 5.69 Å². The van der Waals surface area contributed by atoms with Gasteiger partial charge in [-0.25, -0.2) is 0 Å². The Kier molecular flexibility index (Phi) is 3.21. The largest absolute Gasteiger partial charge is 0.398 e. The summed E-state index contributed by atoms with van der Waals surface area (Å²) in [4.78, 5) is 20.5. The van der Waals surface area contributed by atoms with Crippen molar-refractivity contribution in [1.82, 2.24) is 0 Å². The average Bonchev–Trinajstić information content (AvgIpc) is 2.19. The lowest BCUT2D eigenvalue weighted by Gasteiger charge is -2.02. The Morgan fingerprint density at radius 1 is 1.60 bits per heavy atom. The van der Waals surface area contributed by atoms with Crippen LogP contribution in [0.3, 0.4) is 0 Å². The highest BCUT2D eigenvalue weighted by molar-refractivity contribution is 6.31. The first-order valence-corrected chi connectivity index (χ1v) is 4.33. The van der Waals surface area contributed by atoms with Crippen molar-refractivity contribution in [2.75, 3.05) is 11.6 Å². The molecule has 80 valence electrons. The van der Waals surface area contributed by atoms with E-state index < -0.39 is 22.2 Å². The number of nitrogens with two attached hydrogens (primary N) is 1. The SMILES string of the molecule is Nc1cc([N+](=O)[O-])c(F)cc1C(=O)CCl. The van der Waals surface area contributed by atoms with E-state index in [2.05, 4.69) is 0 Å². The fourth-order valence-electron chi connectivity index (χ4n) is 1.03. The van der Waals surface area contributed by atoms with E-state index in [1.54, 1.807) is 0 Å². The number of alkyl halides is 1. The highest BCUT2D eigenvalue weighted by Gasteiger charge is 2.19. The summed E-state index contributed by atoms with van der Waals surface area (Å²) in [7, 11) is 0. The lowest BCUT2D eigenvalue weighted by molar-refractivity contribution is -0.387. The van der Waals surface area contributed by atoms with Gasteiger partial charge in [-0.05, 0) is 6.07 Å². The molecule has 1 aromatic rings. The lowest BCUT2D eigenvalue weighted by Crippen LogP contribution is -2.07. The molecule has 0 unspecified atom stereocenters. The third-order valence-corrected chi connectivity index (χ3v) is 1.98. The molecule has 1 aromatic carbocycles. The van der Waals surface area contributed by atoms with Crippen LogP contribution in [-0.4, -0.2) is 16.6 Å². The maximum absolute atomic E-state index is 13.1. The van der Waals surface area contributed by atoms with Gasteiger partial charge in [-0.3, -0.25) is 14.9 Å². The van der Waals surface area contributed by atoms with Crippen molar-refractivity contribution in [2.45, 2.75) is 0 Å².